The molecule has 2 aliphatic carbocycles. The summed E-state index contributed by atoms with van der Waals surface area (Å²) in [6.45, 7) is 24.7. The molecule has 0 spiro atoms. The monoisotopic (exact) mass is 845 g/mol. The molecule has 9 aromatic rings. The topological polar surface area (TPSA) is 0 Å². The lowest BCUT2D eigenvalue weighted by Gasteiger charge is -2.35. The smallest absolute Gasteiger partial charge is 0.0622 e. The van der Waals surface area contributed by atoms with Gasteiger partial charge in [-0.25, -0.2) is 0 Å². The Morgan fingerprint density at radius 2 is 0.738 bits per heavy atom. The fourth-order valence-corrected chi connectivity index (χ4v) is 10.6. The van der Waals surface area contributed by atoms with Crippen molar-refractivity contribution in [3.8, 4) is 22.3 Å². The van der Waals surface area contributed by atoms with Crippen LogP contribution in [0.2, 0.25) is 0 Å². The molecular weight excluding hydrogens is 781 g/mol. The first-order valence-corrected chi connectivity index (χ1v) is 23.5. The van der Waals surface area contributed by atoms with Gasteiger partial charge in [0.15, 0.2) is 0 Å². The first-order chi connectivity index (χ1) is 31.0. The molecule has 11 rings (SSSR count). The Morgan fingerprint density at radius 1 is 0.338 bits per heavy atom. The summed E-state index contributed by atoms with van der Waals surface area (Å²) in [5, 5.41) is 5.29. The lowest BCUT2D eigenvalue weighted by Crippen LogP contribution is -2.29. The number of hydrogen-bond donors (Lipinski definition) is 0. The molecule has 0 aromatic heterocycles. The van der Waals surface area contributed by atoms with Gasteiger partial charge < -0.3 is 0 Å². The molecule has 0 amide bonds. The van der Waals surface area contributed by atoms with E-state index in [1.165, 1.54) is 105 Å². The Hall–Kier alpha value is -6.50. The standard InChI is InChI=1S/C43H32.2C11H16/c1-27-22-23-32-35-25-39-36(26-38(35)42(2,3)37(32)24-27)40-33-20-12-10-18-30(33)31-19-11-13-21-34(31)41(40)43(39,28-14-6-4-7-15-28)29-16-8-5-9-17-29;2*1-9-5-7-10(8-6-9)11(2,3)4/h4-26H,1-3H3;2*5-8H,1-4H3. The van der Waals surface area contributed by atoms with Gasteiger partial charge in [-0.3, -0.25) is 0 Å². The maximum Gasteiger partial charge on any atom is 0.0720 e. The van der Waals surface area contributed by atoms with Gasteiger partial charge in [-0.1, -0.05) is 248 Å². The summed E-state index contributed by atoms with van der Waals surface area (Å²) >= 11 is 0. The lowest BCUT2D eigenvalue weighted by atomic mass is 9.66. The molecule has 0 bridgehead atoms. The van der Waals surface area contributed by atoms with Crippen molar-refractivity contribution in [3.63, 3.8) is 0 Å². The zero-order chi connectivity index (χ0) is 45.9. The van der Waals surface area contributed by atoms with Gasteiger partial charge in [0, 0.05) is 5.41 Å². The van der Waals surface area contributed by atoms with Crippen LogP contribution in [0.15, 0.2) is 188 Å². The number of benzene rings is 9. The van der Waals surface area contributed by atoms with E-state index in [-0.39, 0.29) is 16.2 Å². The van der Waals surface area contributed by atoms with Crippen molar-refractivity contribution in [1.82, 2.24) is 0 Å². The molecule has 0 unspecified atom stereocenters. The Labute approximate surface area is 389 Å². The number of aryl methyl sites for hydroxylation is 3. The quantitative estimate of drug-likeness (QED) is 0.152. The third kappa shape index (κ3) is 7.62. The molecule has 0 radical (unpaired) electrons. The largest absolute Gasteiger partial charge is 0.0720 e. The molecular formula is C65H64. The maximum absolute atomic E-state index is 2.57. The molecule has 65 heavy (non-hydrogen) atoms. The second kappa shape index (κ2) is 16.5. The highest BCUT2D eigenvalue weighted by Gasteiger charge is 2.50. The Bertz CT molecular complexity index is 3070. The third-order valence-corrected chi connectivity index (χ3v) is 14.2. The molecule has 0 N–H and O–H groups in total. The van der Waals surface area contributed by atoms with Crippen LogP contribution in [0.3, 0.4) is 0 Å². The Morgan fingerprint density at radius 3 is 1.23 bits per heavy atom. The van der Waals surface area contributed by atoms with Gasteiger partial charge in [-0.2, -0.15) is 0 Å². The van der Waals surface area contributed by atoms with Crippen molar-refractivity contribution in [2.75, 3.05) is 0 Å². The van der Waals surface area contributed by atoms with Crippen molar-refractivity contribution in [2.45, 2.75) is 97.8 Å². The molecule has 0 saturated carbocycles. The first-order valence-electron chi connectivity index (χ1n) is 23.5. The van der Waals surface area contributed by atoms with E-state index in [4.69, 9.17) is 0 Å². The average molecular weight is 845 g/mol. The van der Waals surface area contributed by atoms with Crippen LogP contribution in [0.25, 0.3) is 43.8 Å². The number of hydrogen-bond acceptors (Lipinski definition) is 0. The second-order valence-electron chi connectivity index (χ2n) is 21.2. The molecule has 0 nitrogen and oxygen atoms in total. The highest BCUT2D eigenvalue weighted by molar-refractivity contribution is 6.19. The Kier molecular flexibility index (Phi) is 11.1. The molecule has 324 valence electrons. The van der Waals surface area contributed by atoms with Gasteiger partial charge in [-0.05, 0) is 132 Å². The fourth-order valence-electron chi connectivity index (χ4n) is 10.6. The molecule has 0 heteroatoms. The lowest BCUT2D eigenvalue weighted by molar-refractivity contribution is 0.590. The maximum atomic E-state index is 2.57. The van der Waals surface area contributed by atoms with Crippen LogP contribution >= 0.6 is 0 Å². The Balaban J connectivity index is 0.000000199. The van der Waals surface area contributed by atoms with E-state index in [2.05, 4.69) is 264 Å². The minimum absolute atomic E-state index is 0.0801. The fraction of sp³-hybridized carbons (Fsp3) is 0.231. The van der Waals surface area contributed by atoms with E-state index in [0.717, 1.165) is 0 Å². The van der Waals surface area contributed by atoms with E-state index in [1.807, 2.05) is 0 Å². The van der Waals surface area contributed by atoms with Gasteiger partial charge in [0.2, 0.25) is 0 Å². The predicted octanol–water partition coefficient (Wildman–Crippen LogP) is 17.6. The molecule has 0 atom stereocenters. The SMILES string of the molecule is Cc1ccc(C(C)(C)C)cc1.Cc1ccc(C(C)(C)C)cc1.Cc1ccc2c(c1)C(C)(C)c1cc3c(cc1-2)C(c1ccccc1)(c1ccccc1)c1c-3c2ccccc2c2ccccc12. The highest BCUT2D eigenvalue weighted by Crippen LogP contribution is 2.63. The summed E-state index contributed by atoms with van der Waals surface area (Å²) in [6.07, 6.45) is 0. The number of rotatable bonds is 2. The normalized spacial score (nSPS) is 14.0. The van der Waals surface area contributed by atoms with Crippen LogP contribution < -0.4 is 0 Å². The third-order valence-electron chi connectivity index (χ3n) is 14.2. The number of fused-ring (bicyclic) bond motifs is 11. The van der Waals surface area contributed by atoms with E-state index < -0.39 is 5.41 Å². The second-order valence-corrected chi connectivity index (χ2v) is 21.2. The van der Waals surface area contributed by atoms with Crippen LogP contribution in [0.5, 0.6) is 0 Å². The van der Waals surface area contributed by atoms with Gasteiger partial charge >= 0.3 is 0 Å². The summed E-state index contributed by atoms with van der Waals surface area (Å²) in [4.78, 5) is 0. The van der Waals surface area contributed by atoms with E-state index in [9.17, 15) is 0 Å². The minimum Gasteiger partial charge on any atom is -0.0622 e. The summed E-state index contributed by atoms with van der Waals surface area (Å²) in [5.74, 6) is 0. The van der Waals surface area contributed by atoms with Crippen LogP contribution in [-0.2, 0) is 21.7 Å². The summed E-state index contributed by atoms with van der Waals surface area (Å²) in [7, 11) is 0. The van der Waals surface area contributed by atoms with Gasteiger partial charge in [0.05, 0.1) is 5.41 Å². The zero-order valence-corrected chi connectivity index (χ0v) is 40.4. The molecule has 2 aliphatic rings. The molecule has 0 heterocycles. The van der Waals surface area contributed by atoms with Crippen molar-refractivity contribution in [2.24, 2.45) is 0 Å². The highest BCUT2D eigenvalue weighted by atomic mass is 14.5. The molecule has 0 saturated heterocycles. The van der Waals surface area contributed by atoms with E-state index >= 15 is 0 Å². The average Bonchev–Trinajstić information content (AvgIpc) is 3.72. The summed E-state index contributed by atoms with van der Waals surface area (Å²) in [6, 6.07) is 70.2. The summed E-state index contributed by atoms with van der Waals surface area (Å²) < 4.78 is 0. The van der Waals surface area contributed by atoms with Crippen LogP contribution in [0, 0.1) is 20.8 Å². The predicted molar refractivity (Wildman–Crippen MR) is 281 cm³/mol. The van der Waals surface area contributed by atoms with Crippen molar-refractivity contribution in [3.05, 3.63) is 249 Å². The molecule has 9 aromatic carbocycles. The minimum atomic E-state index is -0.469. The van der Waals surface area contributed by atoms with Crippen LogP contribution in [0.1, 0.15) is 117 Å². The van der Waals surface area contributed by atoms with Gasteiger partial charge in [-0.15, -0.1) is 0 Å². The van der Waals surface area contributed by atoms with E-state index in [0.29, 0.717) is 0 Å². The summed E-state index contributed by atoms with van der Waals surface area (Å²) in [5.41, 5.74) is 20.5. The van der Waals surface area contributed by atoms with Crippen LogP contribution in [0.4, 0.5) is 0 Å². The first kappa shape index (κ1) is 43.7. The van der Waals surface area contributed by atoms with Crippen LogP contribution in [-0.4, -0.2) is 0 Å². The molecule has 0 aliphatic heterocycles. The van der Waals surface area contributed by atoms with Crippen molar-refractivity contribution < 1.29 is 0 Å². The van der Waals surface area contributed by atoms with E-state index in [1.54, 1.807) is 0 Å². The van der Waals surface area contributed by atoms with Crippen molar-refractivity contribution >= 4 is 21.5 Å². The van der Waals surface area contributed by atoms with Crippen molar-refractivity contribution in [1.29, 1.82) is 0 Å². The van der Waals surface area contributed by atoms with Gasteiger partial charge in [0.1, 0.15) is 0 Å². The van der Waals surface area contributed by atoms with Gasteiger partial charge in [0.25, 0.3) is 0 Å². The molecule has 0 fully saturated rings. The zero-order valence-electron chi connectivity index (χ0n) is 40.4.